The molecule has 5 N–H and O–H groups in total. The molecule has 184 valence electrons. The average molecular weight is 484 g/mol. The van der Waals surface area contributed by atoms with Gasteiger partial charge in [-0.15, -0.1) is 0 Å². The molecule has 2 atom stereocenters. The van der Waals surface area contributed by atoms with E-state index in [1.54, 1.807) is 11.0 Å². The lowest BCUT2D eigenvalue weighted by Crippen LogP contribution is -2.47. The fourth-order valence-electron chi connectivity index (χ4n) is 3.78. The van der Waals surface area contributed by atoms with Crippen molar-refractivity contribution in [1.82, 2.24) is 14.5 Å². The van der Waals surface area contributed by atoms with Crippen molar-refractivity contribution in [2.75, 3.05) is 42.6 Å². The molecule has 0 aliphatic carbocycles. The standard InChI is InChI=1S/C21H25F4N7O2/c1-30-10-14(21(23,24)25)6-17(19(30)33)29-20(34)31(2)9-12-3-4-32(11-16(12)22)15-5-13(7-26)18(27)28-8-15/h5-8,10,12,16,26H,3-4,9,11H2,1-2H3,(H2,27,28)(H,29,34)/p+1/t12-,16+/m0/s1. The number of urea groups is 1. The predicted octanol–water partition coefficient (Wildman–Crippen LogP) is 0.888. The van der Waals surface area contributed by atoms with Crippen LogP contribution in [0.4, 0.5) is 39.5 Å². The largest absolute Gasteiger partial charge is 0.417 e. The molecule has 0 unspecified atom stereocenters. The number of nitrogens with one attached hydrogen (secondary N) is 1. The van der Waals surface area contributed by atoms with Crippen molar-refractivity contribution < 1.29 is 27.8 Å². The molecule has 0 saturated carbocycles. The highest BCUT2D eigenvalue weighted by molar-refractivity contribution is 5.89. The Hall–Kier alpha value is -3.64. The Morgan fingerprint density at radius 2 is 2.12 bits per heavy atom. The molecule has 1 saturated heterocycles. The molecule has 2 aromatic rings. The number of halogens is 4. The molecular weight excluding hydrogens is 458 g/mol. The van der Waals surface area contributed by atoms with Gasteiger partial charge in [0.2, 0.25) is 0 Å². The van der Waals surface area contributed by atoms with Crippen LogP contribution in [0.15, 0.2) is 29.3 Å². The summed E-state index contributed by atoms with van der Waals surface area (Å²) in [4.78, 5) is 31.7. The summed E-state index contributed by atoms with van der Waals surface area (Å²) in [6.07, 6.45) is -2.06. The van der Waals surface area contributed by atoms with Crippen LogP contribution < -0.4 is 26.9 Å². The normalized spacial score (nSPS) is 18.5. The summed E-state index contributed by atoms with van der Waals surface area (Å²) in [6.45, 7) is 0.566. The van der Waals surface area contributed by atoms with E-state index >= 15 is 0 Å². The number of nitrogen functional groups attached to an aromatic ring is 1. The molecule has 0 aromatic carbocycles. The Bertz CT molecular complexity index is 1140. The first-order chi connectivity index (χ1) is 15.9. The van der Waals surface area contributed by atoms with Gasteiger partial charge >= 0.3 is 12.2 Å². The van der Waals surface area contributed by atoms with Crippen molar-refractivity contribution >= 4 is 29.4 Å². The van der Waals surface area contributed by atoms with E-state index in [4.69, 9.17) is 11.1 Å². The van der Waals surface area contributed by atoms with E-state index < -0.39 is 41.1 Å². The molecule has 3 rings (SSSR count). The monoisotopic (exact) mass is 484 g/mol. The van der Waals surface area contributed by atoms with Gasteiger partial charge in [0.1, 0.15) is 17.7 Å². The lowest BCUT2D eigenvalue weighted by molar-refractivity contribution is -0.138. The predicted molar refractivity (Wildman–Crippen MR) is 119 cm³/mol. The summed E-state index contributed by atoms with van der Waals surface area (Å²) >= 11 is 0. The molecule has 0 bridgehead atoms. The fourth-order valence-corrected chi connectivity index (χ4v) is 3.78. The molecule has 1 fully saturated rings. The lowest BCUT2D eigenvalue weighted by Gasteiger charge is -2.37. The van der Waals surface area contributed by atoms with Gasteiger partial charge in [-0.3, -0.25) is 10.2 Å². The number of aryl methyl sites for hydroxylation is 1. The highest BCUT2D eigenvalue weighted by Gasteiger charge is 2.33. The summed E-state index contributed by atoms with van der Waals surface area (Å²) in [6, 6.07) is 1.49. The van der Waals surface area contributed by atoms with Gasteiger partial charge < -0.3 is 25.4 Å². The molecule has 2 amide bonds. The van der Waals surface area contributed by atoms with Crippen LogP contribution in [0.25, 0.3) is 0 Å². The zero-order chi connectivity index (χ0) is 25.2. The number of carbonyl (C=O) groups excluding carboxylic acids is 1. The molecule has 34 heavy (non-hydrogen) atoms. The summed E-state index contributed by atoms with van der Waals surface area (Å²) < 4.78 is 54.8. The maximum absolute atomic E-state index is 14.9. The molecule has 9 nitrogen and oxygen atoms in total. The number of amides is 2. The zero-order valence-corrected chi connectivity index (χ0v) is 18.6. The number of anilines is 3. The van der Waals surface area contributed by atoms with Crippen LogP contribution in [0.5, 0.6) is 0 Å². The second-order valence-corrected chi connectivity index (χ2v) is 8.21. The fraction of sp³-hybridized carbons (Fsp3) is 0.429. The summed E-state index contributed by atoms with van der Waals surface area (Å²) in [5.74, 6) is -0.236. The van der Waals surface area contributed by atoms with Gasteiger partial charge in [0.05, 0.1) is 23.0 Å². The summed E-state index contributed by atoms with van der Waals surface area (Å²) in [5.41, 5.74) is 4.55. The summed E-state index contributed by atoms with van der Waals surface area (Å²) in [7, 11) is 2.54. The van der Waals surface area contributed by atoms with E-state index in [1.165, 1.54) is 19.5 Å². The third-order valence-corrected chi connectivity index (χ3v) is 5.76. The molecule has 3 heterocycles. The number of alkyl halides is 4. The minimum atomic E-state index is -4.69. The average Bonchev–Trinajstić information content (AvgIpc) is 2.77. The maximum atomic E-state index is 14.9. The van der Waals surface area contributed by atoms with Gasteiger partial charge in [0.15, 0.2) is 6.21 Å². The number of nitrogens with zero attached hydrogens (tertiary/aromatic N) is 4. The Balaban J connectivity index is 1.64. The maximum Gasteiger partial charge on any atom is 0.417 e. The highest BCUT2D eigenvalue weighted by atomic mass is 19.4. The smallest absolute Gasteiger partial charge is 0.383 e. The third kappa shape index (κ3) is 5.46. The first-order valence-electron chi connectivity index (χ1n) is 10.4. The van der Waals surface area contributed by atoms with Crippen molar-refractivity contribution in [2.45, 2.75) is 18.8 Å². The number of pyridine rings is 2. The number of carbonyl (C=O) groups is 1. The number of hydrogen-bond donors (Lipinski definition) is 3. The Morgan fingerprint density at radius 3 is 2.74 bits per heavy atom. The molecular formula is C21H26F4N7O2+. The molecule has 1 aliphatic rings. The minimum Gasteiger partial charge on any atom is -0.383 e. The lowest BCUT2D eigenvalue weighted by atomic mass is 9.94. The molecule has 2 aromatic heterocycles. The van der Waals surface area contributed by atoms with Crippen molar-refractivity contribution in [3.05, 3.63) is 46.0 Å². The van der Waals surface area contributed by atoms with E-state index in [0.29, 0.717) is 36.5 Å². The van der Waals surface area contributed by atoms with E-state index in [-0.39, 0.29) is 18.9 Å². The van der Waals surface area contributed by atoms with Gasteiger partial charge in [-0.1, -0.05) is 0 Å². The topological polar surface area (TPSA) is 122 Å². The number of rotatable bonds is 5. The Labute approximate surface area is 192 Å². The van der Waals surface area contributed by atoms with Gasteiger partial charge in [-0.25, -0.2) is 14.2 Å². The number of piperidine rings is 1. The van der Waals surface area contributed by atoms with E-state index in [9.17, 15) is 27.2 Å². The van der Waals surface area contributed by atoms with E-state index in [1.807, 2.05) is 0 Å². The van der Waals surface area contributed by atoms with Crippen LogP contribution >= 0.6 is 0 Å². The van der Waals surface area contributed by atoms with Crippen molar-refractivity contribution in [3.8, 4) is 0 Å². The Morgan fingerprint density at radius 1 is 1.41 bits per heavy atom. The second-order valence-electron chi connectivity index (χ2n) is 8.21. The van der Waals surface area contributed by atoms with Crippen molar-refractivity contribution in [3.63, 3.8) is 0 Å². The van der Waals surface area contributed by atoms with Gasteiger partial charge in [0, 0.05) is 45.8 Å². The number of nitrogens with two attached hydrogens (primary N) is 2. The van der Waals surface area contributed by atoms with E-state index in [2.05, 4.69) is 10.3 Å². The Kier molecular flexibility index (Phi) is 7.12. The molecule has 13 heteroatoms. The van der Waals surface area contributed by atoms with E-state index in [0.717, 1.165) is 16.5 Å². The van der Waals surface area contributed by atoms with Crippen LogP contribution in [-0.2, 0) is 13.2 Å². The highest BCUT2D eigenvalue weighted by Crippen LogP contribution is 2.30. The number of aromatic nitrogens is 2. The van der Waals surface area contributed by atoms with Crippen LogP contribution in [0.2, 0.25) is 0 Å². The van der Waals surface area contributed by atoms with Crippen LogP contribution in [0, 0.1) is 5.92 Å². The minimum absolute atomic E-state index is 0.0158. The number of hydrogen-bond acceptors (Lipinski definition) is 5. The van der Waals surface area contributed by atoms with Crippen LogP contribution in [0.3, 0.4) is 0 Å². The SMILES string of the molecule is CN(C[C@@H]1CCN(c2cnc(N)c(C=[NH2+])c2)C[C@H]1F)C(=O)Nc1cc(C(F)(F)F)cn(C)c1=O. The van der Waals surface area contributed by atoms with Crippen molar-refractivity contribution in [2.24, 2.45) is 13.0 Å². The second kappa shape index (κ2) is 9.69. The quantitative estimate of drug-likeness (QED) is 0.430. The molecule has 1 aliphatic heterocycles. The molecule has 0 spiro atoms. The van der Waals surface area contributed by atoms with Gasteiger partial charge in [-0.05, 0) is 18.6 Å². The van der Waals surface area contributed by atoms with Crippen LogP contribution in [0.1, 0.15) is 17.5 Å². The molecule has 0 radical (unpaired) electrons. The summed E-state index contributed by atoms with van der Waals surface area (Å²) in [5, 5.41) is 7.73. The van der Waals surface area contributed by atoms with Crippen LogP contribution in [-0.4, -0.2) is 59.6 Å². The third-order valence-electron chi connectivity index (χ3n) is 5.76. The van der Waals surface area contributed by atoms with Gasteiger partial charge in [-0.2, -0.15) is 13.2 Å². The first kappa shape index (κ1) is 25.0. The van der Waals surface area contributed by atoms with Gasteiger partial charge in [0.25, 0.3) is 5.56 Å². The first-order valence-corrected chi connectivity index (χ1v) is 10.4. The van der Waals surface area contributed by atoms with Crippen molar-refractivity contribution in [1.29, 1.82) is 0 Å². The zero-order valence-electron chi connectivity index (χ0n) is 18.6.